The van der Waals surface area contributed by atoms with Gasteiger partial charge in [-0.1, -0.05) is 24.3 Å². The van der Waals surface area contributed by atoms with Crippen molar-refractivity contribution in [2.45, 2.75) is 31.6 Å². The average Bonchev–Trinajstić information content (AvgIpc) is 3.60. The Labute approximate surface area is 209 Å². The smallest absolute Gasteiger partial charge is 0.433 e. The minimum Gasteiger partial charge on any atom is -0.451 e. The van der Waals surface area contributed by atoms with E-state index in [1.165, 1.54) is 19.2 Å². The number of carbonyl (C=O) groups is 3. The van der Waals surface area contributed by atoms with Gasteiger partial charge in [-0.3, -0.25) is 19.4 Å². The molecule has 3 aromatic rings. The van der Waals surface area contributed by atoms with Crippen LogP contribution in [0.1, 0.15) is 45.1 Å². The molecule has 0 bridgehead atoms. The van der Waals surface area contributed by atoms with Crippen molar-refractivity contribution in [2.75, 3.05) is 7.05 Å². The molecule has 4 rings (SSSR count). The van der Waals surface area contributed by atoms with E-state index in [0.717, 1.165) is 30.0 Å². The molecule has 1 aliphatic carbocycles. The van der Waals surface area contributed by atoms with Gasteiger partial charge in [0.1, 0.15) is 23.2 Å². The van der Waals surface area contributed by atoms with Crippen molar-refractivity contribution < 1.29 is 32.0 Å². The highest BCUT2D eigenvalue weighted by atomic mass is 19.4. The van der Waals surface area contributed by atoms with Crippen LogP contribution in [-0.2, 0) is 17.5 Å². The molecule has 3 amide bonds. The lowest BCUT2D eigenvalue weighted by Crippen LogP contribution is -2.53. The molecule has 1 fully saturated rings. The fourth-order valence-electron chi connectivity index (χ4n) is 3.82. The Morgan fingerprint density at radius 3 is 2.54 bits per heavy atom. The van der Waals surface area contributed by atoms with E-state index in [1.54, 1.807) is 30.3 Å². The molecule has 1 aromatic carbocycles. The molecule has 0 saturated heterocycles. The molecule has 12 heteroatoms. The van der Waals surface area contributed by atoms with Gasteiger partial charge in [0.25, 0.3) is 5.91 Å². The maximum Gasteiger partial charge on any atom is 0.433 e. The van der Waals surface area contributed by atoms with E-state index in [1.807, 2.05) is 0 Å². The fourth-order valence-corrected chi connectivity index (χ4v) is 3.82. The Balaban J connectivity index is 1.43. The first-order valence-corrected chi connectivity index (χ1v) is 11.4. The van der Waals surface area contributed by atoms with Crippen LogP contribution in [0.3, 0.4) is 0 Å². The second kappa shape index (κ2) is 10.4. The lowest BCUT2D eigenvalue weighted by molar-refractivity contribution is -0.141. The molecule has 0 spiro atoms. The first-order valence-electron chi connectivity index (χ1n) is 11.4. The van der Waals surface area contributed by atoms with Crippen molar-refractivity contribution in [1.29, 1.82) is 0 Å². The zero-order valence-corrected chi connectivity index (χ0v) is 19.7. The van der Waals surface area contributed by atoms with Gasteiger partial charge in [0, 0.05) is 19.2 Å². The number of alkyl halides is 3. The number of hydrogen-bond acceptors (Lipinski definition) is 6. The fraction of sp³-hybridized carbons (Fsp3) is 0.280. The number of benzene rings is 1. The van der Waals surface area contributed by atoms with E-state index in [-0.39, 0.29) is 29.8 Å². The summed E-state index contributed by atoms with van der Waals surface area (Å²) in [5.41, 5.74) is -0.277. The number of rotatable bonds is 8. The Hall–Kier alpha value is -4.19. The van der Waals surface area contributed by atoms with Gasteiger partial charge in [-0.05, 0) is 54.7 Å². The summed E-state index contributed by atoms with van der Waals surface area (Å²) in [7, 11) is 1.48. The second-order valence-electron chi connectivity index (χ2n) is 8.56. The van der Waals surface area contributed by atoms with Crippen molar-refractivity contribution in [2.24, 2.45) is 11.8 Å². The topological polar surface area (TPSA) is 131 Å². The molecule has 194 valence electrons. The van der Waals surface area contributed by atoms with Crippen molar-refractivity contribution in [3.63, 3.8) is 0 Å². The highest BCUT2D eigenvalue weighted by Crippen LogP contribution is 2.35. The molecule has 1 saturated carbocycles. The second-order valence-corrected chi connectivity index (χ2v) is 8.56. The van der Waals surface area contributed by atoms with Gasteiger partial charge in [-0.15, -0.1) is 0 Å². The molecule has 9 nitrogen and oxygen atoms in total. The number of aromatic nitrogens is 1. The van der Waals surface area contributed by atoms with Gasteiger partial charge in [0.2, 0.25) is 5.91 Å². The third-order valence-electron chi connectivity index (χ3n) is 5.87. The lowest BCUT2D eigenvalue weighted by atomic mass is 10.1. The quantitative estimate of drug-likeness (QED) is 0.240. The van der Waals surface area contributed by atoms with Crippen molar-refractivity contribution >= 4 is 17.7 Å². The third kappa shape index (κ3) is 5.97. The molecule has 1 atom stereocenters. The van der Waals surface area contributed by atoms with E-state index in [0.29, 0.717) is 16.9 Å². The number of likely N-dealkylation sites (N-methyl/N-ethyl adjacent to an activating group) is 1. The van der Waals surface area contributed by atoms with Gasteiger partial charge >= 0.3 is 12.1 Å². The van der Waals surface area contributed by atoms with E-state index in [2.05, 4.69) is 15.6 Å². The number of nitrogens with two attached hydrogens (primary N) is 1. The van der Waals surface area contributed by atoms with Crippen LogP contribution in [0.2, 0.25) is 0 Å². The summed E-state index contributed by atoms with van der Waals surface area (Å²) in [6.07, 6.45) is -3.05. The van der Waals surface area contributed by atoms with Gasteiger partial charge < -0.3 is 15.1 Å². The summed E-state index contributed by atoms with van der Waals surface area (Å²) in [5.74, 6) is 4.56. The molecule has 0 unspecified atom stereocenters. The van der Waals surface area contributed by atoms with Gasteiger partial charge in [-0.2, -0.15) is 13.2 Å². The third-order valence-corrected chi connectivity index (χ3v) is 5.87. The van der Waals surface area contributed by atoms with Gasteiger partial charge in [0.15, 0.2) is 5.76 Å². The van der Waals surface area contributed by atoms with E-state index in [9.17, 15) is 27.6 Å². The zero-order valence-electron chi connectivity index (χ0n) is 19.7. The van der Waals surface area contributed by atoms with Crippen molar-refractivity contribution in [3.8, 4) is 11.3 Å². The van der Waals surface area contributed by atoms with Crippen molar-refractivity contribution in [1.82, 2.24) is 20.6 Å². The number of halogens is 3. The van der Waals surface area contributed by atoms with Crippen LogP contribution >= 0.6 is 0 Å². The Morgan fingerprint density at radius 2 is 1.86 bits per heavy atom. The number of nitrogens with zero attached hydrogens (tertiary/aromatic N) is 2. The number of amides is 3. The summed E-state index contributed by atoms with van der Waals surface area (Å²) >= 11 is 0. The molecule has 2 heterocycles. The van der Waals surface area contributed by atoms with E-state index >= 15 is 0 Å². The lowest BCUT2D eigenvalue weighted by Gasteiger charge is -2.25. The molecule has 4 N–H and O–H groups in total. The maximum absolute atomic E-state index is 12.9. The summed E-state index contributed by atoms with van der Waals surface area (Å²) in [5, 5.41) is 5.96. The summed E-state index contributed by atoms with van der Waals surface area (Å²) < 4.78 is 44.3. The molecule has 2 aromatic heterocycles. The van der Waals surface area contributed by atoms with E-state index in [4.69, 9.17) is 10.3 Å². The van der Waals surface area contributed by atoms with Crippen LogP contribution in [0.5, 0.6) is 0 Å². The molecular weight excluding hydrogens is 491 g/mol. The summed E-state index contributed by atoms with van der Waals surface area (Å²) in [6.45, 7) is 0.0167. The van der Waals surface area contributed by atoms with Crippen LogP contribution < -0.4 is 16.5 Å². The normalized spacial score (nSPS) is 14.1. The Bertz CT molecular complexity index is 1320. The predicted octanol–water partition coefficient (Wildman–Crippen LogP) is 3.13. The number of furan rings is 1. The summed E-state index contributed by atoms with van der Waals surface area (Å²) in [4.78, 5) is 40.8. The number of pyridine rings is 1. The van der Waals surface area contributed by atoms with Crippen molar-refractivity contribution in [3.05, 3.63) is 77.3 Å². The van der Waals surface area contributed by atoms with Crippen LogP contribution in [0.25, 0.3) is 11.3 Å². The standard InChI is InChI=1S/C25H24F3N5O4/c1-30-23(35)21(15-8-9-15)33(29)24(36)19-11-10-18(37-19)16-5-2-4-14(12-16)13-31-22(34)17-6-3-7-20(32-17)25(26,27)28/h2-7,10-12,15,21H,8-9,13,29H2,1H3,(H,30,35)(H,31,34)/t21-/m0/s1. The Kier molecular flexibility index (Phi) is 7.30. The highest BCUT2D eigenvalue weighted by Gasteiger charge is 2.41. The Morgan fingerprint density at radius 1 is 1.14 bits per heavy atom. The first kappa shape index (κ1) is 25.9. The largest absolute Gasteiger partial charge is 0.451 e. The monoisotopic (exact) mass is 515 g/mol. The van der Waals surface area contributed by atoms with Gasteiger partial charge in [-0.25, -0.2) is 10.8 Å². The van der Waals surface area contributed by atoms with Gasteiger partial charge in [0.05, 0.1) is 0 Å². The average molecular weight is 515 g/mol. The first-order chi connectivity index (χ1) is 17.6. The number of carbonyl (C=O) groups excluding carboxylic acids is 3. The molecule has 0 radical (unpaired) electrons. The minimum atomic E-state index is -4.66. The number of nitrogens with one attached hydrogen (secondary N) is 2. The number of hydrogen-bond donors (Lipinski definition) is 3. The zero-order chi connectivity index (χ0) is 26.7. The SMILES string of the molecule is CNC(=O)[C@H](C1CC1)N(N)C(=O)c1ccc(-c2cccc(CNC(=O)c3cccc(C(F)(F)F)n3)c2)o1. The summed E-state index contributed by atoms with van der Waals surface area (Å²) in [6, 6.07) is 12.2. The maximum atomic E-state index is 12.9. The highest BCUT2D eigenvalue weighted by molar-refractivity contribution is 5.96. The van der Waals surface area contributed by atoms with E-state index < -0.39 is 29.7 Å². The molecule has 37 heavy (non-hydrogen) atoms. The van der Waals surface area contributed by atoms with Crippen LogP contribution in [0.4, 0.5) is 13.2 Å². The molecular formula is C25H24F3N5O4. The van der Waals surface area contributed by atoms with Crippen LogP contribution in [0, 0.1) is 5.92 Å². The molecule has 0 aliphatic heterocycles. The van der Waals surface area contributed by atoms with Crippen LogP contribution in [-0.4, -0.2) is 40.8 Å². The molecule has 1 aliphatic rings. The van der Waals surface area contributed by atoms with Crippen LogP contribution in [0.15, 0.2) is 59.0 Å². The number of hydrazine groups is 1. The predicted molar refractivity (Wildman–Crippen MR) is 125 cm³/mol. The minimum absolute atomic E-state index is 0.00126.